The molecule has 2 aromatic heterocycles. The van der Waals surface area contributed by atoms with Gasteiger partial charge in [0.05, 0.1) is 17.3 Å². The van der Waals surface area contributed by atoms with Crippen LogP contribution in [0.2, 0.25) is 0 Å². The zero-order valence-corrected chi connectivity index (χ0v) is 18.4. The molecule has 1 aliphatic rings. The largest absolute Gasteiger partial charge is 0.503 e. The molecule has 1 saturated carbocycles. The van der Waals surface area contributed by atoms with E-state index in [1.54, 1.807) is 6.20 Å². The number of phenolic OH excluding ortho intramolecular Hbond substituents is 1. The fraction of sp³-hybridized carbons (Fsp3) is 0.269. The van der Waals surface area contributed by atoms with Gasteiger partial charge in [-0.3, -0.25) is 14.5 Å². The summed E-state index contributed by atoms with van der Waals surface area (Å²) in [7, 11) is 0. The van der Waals surface area contributed by atoms with Gasteiger partial charge in [0, 0.05) is 35.5 Å². The molecule has 0 saturated heterocycles. The first-order valence-corrected chi connectivity index (χ1v) is 11.3. The summed E-state index contributed by atoms with van der Waals surface area (Å²) in [5, 5.41) is 17.8. The number of hydrogen-bond donors (Lipinski definition) is 2. The Morgan fingerprint density at radius 1 is 1.06 bits per heavy atom. The molecule has 0 unspecified atom stereocenters. The molecule has 8 heteroatoms. The highest BCUT2D eigenvalue weighted by molar-refractivity contribution is 5.94. The third-order valence-corrected chi connectivity index (χ3v) is 6.51. The van der Waals surface area contributed by atoms with Gasteiger partial charge in [0.15, 0.2) is 17.4 Å². The van der Waals surface area contributed by atoms with Crippen LogP contribution in [0.3, 0.4) is 0 Å². The maximum absolute atomic E-state index is 13.5. The van der Waals surface area contributed by atoms with Gasteiger partial charge in [-0.15, -0.1) is 0 Å². The van der Waals surface area contributed by atoms with Crippen LogP contribution in [0.4, 0.5) is 8.78 Å². The second kappa shape index (κ2) is 9.21. The lowest BCUT2D eigenvalue weighted by atomic mass is 9.86. The summed E-state index contributed by atoms with van der Waals surface area (Å²) in [6.45, 7) is 0.435. The molecule has 0 atom stereocenters. The Balaban J connectivity index is 1.18. The summed E-state index contributed by atoms with van der Waals surface area (Å²) in [6, 6.07) is 14.0. The highest BCUT2D eigenvalue weighted by Crippen LogP contribution is 2.33. The number of pyridine rings is 1. The van der Waals surface area contributed by atoms with Crippen molar-refractivity contribution in [1.82, 2.24) is 20.1 Å². The van der Waals surface area contributed by atoms with Crippen LogP contribution < -0.4 is 5.32 Å². The minimum atomic E-state index is -1.15. The van der Waals surface area contributed by atoms with Crippen molar-refractivity contribution in [3.05, 3.63) is 78.1 Å². The van der Waals surface area contributed by atoms with Gasteiger partial charge in [-0.25, -0.2) is 8.78 Å². The van der Waals surface area contributed by atoms with Gasteiger partial charge in [-0.2, -0.15) is 5.10 Å². The molecular weight excluding hydrogens is 438 g/mol. The molecule has 5 rings (SSSR count). The molecule has 174 valence electrons. The van der Waals surface area contributed by atoms with Crippen LogP contribution >= 0.6 is 0 Å². The van der Waals surface area contributed by atoms with E-state index >= 15 is 0 Å². The fourth-order valence-corrected chi connectivity index (χ4v) is 4.56. The van der Waals surface area contributed by atoms with Gasteiger partial charge in [-0.05, 0) is 61.9 Å². The Bertz CT molecular complexity index is 1310. The zero-order chi connectivity index (χ0) is 23.7. The van der Waals surface area contributed by atoms with Gasteiger partial charge in [0.25, 0.3) is 5.91 Å². The summed E-state index contributed by atoms with van der Waals surface area (Å²) < 4.78 is 29.1. The molecule has 2 N–H and O–H groups in total. The Labute approximate surface area is 195 Å². The average molecular weight is 463 g/mol. The molecule has 4 aromatic rings. The highest BCUT2D eigenvalue weighted by Gasteiger charge is 2.24. The van der Waals surface area contributed by atoms with E-state index in [4.69, 9.17) is 5.10 Å². The quantitative estimate of drug-likeness (QED) is 0.425. The van der Waals surface area contributed by atoms with Crippen molar-refractivity contribution in [2.24, 2.45) is 5.92 Å². The minimum absolute atomic E-state index is 0.144. The average Bonchev–Trinajstić information content (AvgIpc) is 3.30. The number of aromatic nitrogens is 3. The van der Waals surface area contributed by atoms with Gasteiger partial charge < -0.3 is 10.4 Å². The maximum Gasteiger partial charge on any atom is 0.251 e. The monoisotopic (exact) mass is 462 g/mol. The number of hydrogen-bond acceptors (Lipinski definition) is 4. The van der Waals surface area contributed by atoms with Crippen LogP contribution in [0.25, 0.3) is 22.2 Å². The number of rotatable bonds is 5. The standard InChI is InChI=1S/C26H24F2N4O2/c27-21-11-19(12-22(28)25(21)33)26(34)30-14-16-4-8-20(9-5-16)32-15-18-7-6-17(13-24(18)31-32)23-3-1-2-10-29-23/h1-3,6-7,10-13,15-16,20,33H,4-5,8-9,14H2,(H,30,34). The van der Waals surface area contributed by atoms with E-state index in [1.807, 2.05) is 22.9 Å². The van der Waals surface area contributed by atoms with Crippen LogP contribution in [0.15, 0.2) is 60.9 Å². The normalized spacial score (nSPS) is 18.2. The molecule has 1 amide bonds. The van der Waals surface area contributed by atoms with E-state index < -0.39 is 23.3 Å². The molecule has 34 heavy (non-hydrogen) atoms. The summed E-state index contributed by atoms with van der Waals surface area (Å²) in [4.78, 5) is 16.7. The number of phenols is 1. The summed E-state index contributed by atoms with van der Waals surface area (Å²) in [5.41, 5.74) is 2.74. The lowest BCUT2D eigenvalue weighted by Crippen LogP contribution is -2.31. The number of aromatic hydroxyl groups is 1. The van der Waals surface area contributed by atoms with Crippen molar-refractivity contribution in [2.45, 2.75) is 31.7 Å². The first-order valence-electron chi connectivity index (χ1n) is 11.3. The number of benzene rings is 2. The van der Waals surface area contributed by atoms with Crippen molar-refractivity contribution in [1.29, 1.82) is 0 Å². The molecule has 2 heterocycles. The zero-order valence-electron chi connectivity index (χ0n) is 18.4. The predicted octanol–water partition coefficient (Wildman–Crippen LogP) is 5.24. The predicted molar refractivity (Wildman–Crippen MR) is 124 cm³/mol. The Morgan fingerprint density at radius 2 is 1.82 bits per heavy atom. The van der Waals surface area contributed by atoms with Crippen LogP contribution in [0.1, 0.15) is 42.1 Å². The Kier molecular flexibility index (Phi) is 5.96. The first-order chi connectivity index (χ1) is 16.5. The van der Waals surface area contributed by atoms with Crippen LogP contribution in [-0.2, 0) is 0 Å². The van der Waals surface area contributed by atoms with Crippen molar-refractivity contribution in [2.75, 3.05) is 6.54 Å². The van der Waals surface area contributed by atoms with E-state index in [9.17, 15) is 18.7 Å². The fourth-order valence-electron chi connectivity index (χ4n) is 4.56. The molecule has 6 nitrogen and oxygen atoms in total. The molecule has 1 aliphatic carbocycles. The van der Waals surface area contributed by atoms with Gasteiger partial charge in [0.1, 0.15) is 0 Å². The van der Waals surface area contributed by atoms with Gasteiger partial charge >= 0.3 is 0 Å². The minimum Gasteiger partial charge on any atom is -0.503 e. The first kappa shape index (κ1) is 22.0. The number of carbonyl (C=O) groups excluding carboxylic acids is 1. The van der Waals surface area contributed by atoms with Crippen LogP contribution in [-0.4, -0.2) is 32.3 Å². The summed E-state index contributed by atoms with van der Waals surface area (Å²) >= 11 is 0. The van der Waals surface area contributed by atoms with E-state index in [1.165, 1.54) is 0 Å². The number of nitrogens with zero attached hydrogens (tertiary/aromatic N) is 3. The Morgan fingerprint density at radius 3 is 2.53 bits per heavy atom. The Hall–Kier alpha value is -3.81. The number of amides is 1. The molecule has 0 radical (unpaired) electrons. The molecule has 1 fully saturated rings. The lowest BCUT2D eigenvalue weighted by molar-refractivity contribution is 0.0940. The van der Waals surface area contributed by atoms with E-state index in [0.29, 0.717) is 6.54 Å². The smallest absolute Gasteiger partial charge is 0.251 e. The lowest BCUT2D eigenvalue weighted by Gasteiger charge is -2.28. The second-order valence-corrected chi connectivity index (χ2v) is 8.77. The third kappa shape index (κ3) is 4.48. The maximum atomic E-state index is 13.5. The molecule has 2 aromatic carbocycles. The molecular formula is C26H24F2N4O2. The topological polar surface area (TPSA) is 80.0 Å². The van der Waals surface area contributed by atoms with E-state index in [2.05, 4.69) is 34.7 Å². The summed E-state index contributed by atoms with van der Waals surface area (Å²) in [5.74, 6) is -3.64. The summed E-state index contributed by atoms with van der Waals surface area (Å²) in [6.07, 6.45) is 7.56. The van der Waals surface area contributed by atoms with E-state index in [0.717, 1.165) is 60.0 Å². The second-order valence-electron chi connectivity index (χ2n) is 8.77. The molecule has 0 spiro atoms. The van der Waals surface area contributed by atoms with Crippen molar-refractivity contribution in [3.63, 3.8) is 0 Å². The molecule has 0 aliphatic heterocycles. The number of fused-ring (bicyclic) bond motifs is 1. The highest BCUT2D eigenvalue weighted by atomic mass is 19.1. The van der Waals surface area contributed by atoms with Crippen molar-refractivity contribution < 1.29 is 18.7 Å². The number of halogens is 2. The van der Waals surface area contributed by atoms with Gasteiger partial charge in [0.2, 0.25) is 0 Å². The third-order valence-electron chi connectivity index (χ3n) is 6.51. The number of carbonyl (C=O) groups is 1. The van der Waals surface area contributed by atoms with Crippen molar-refractivity contribution in [3.8, 4) is 17.0 Å². The SMILES string of the molecule is O=C(NCC1CCC(n2cc3ccc(-c4ccccn4)cc3n2)CC1)c1cc(F)c(O)c(F)c1. The van der Waals surface area contributed by atoms with E-state index in [-0.39, 0.29) is 17.5 Å². The van der Waals surface area contributed by atoms with Crippen LogP contribution in [0.5, 0.6) is 5.75 Å². The van der Waals surface area contributed by atoms with Crippen molar-refractivity contribution >= 4 is 16.8 Å². The number of nitrogens with one attached hydrogen (secondary N) is 1. The molecule has 0 bridgehead atoms. The van der Waals surface area contributed by atoms with Gasteiger partial charge in [-0.1, -0.05) is 18.2 Å². The van der Waals surface area contributed by atoms with Crippen LogP contribution in [0, 0.1) is 17.6 Å².